The van der Waals surface area contributed by atoms with Gasteiger partial charge in [0.05, 0.1) is 6.04 Å². The monoisotopic (exact) mass is 366 g/mol. The predicted molar refractivity (Wildman–Crippen MR) is 97.9 cm³/mol. The largest absolute Gasteiger partial charge is 0.347 e. The van der Waals surface area contributed by atoms with E-state index in [1.807, 2.05) is 30.3 Å². The van der Waals surface area contributed by atoms with E-state index in [0.29, 0.717) is 0 Å². The highest BCUT2D eigenvalue weighted by Crippen LogP contribution is 2.36. The standard InChI is InChI=1S/C18H19FN2OS.ClH/c1-18(20,12-5-3-2-4-6-12)17(22)21-15-9-10-23-16-8-7-13(19)11-14(15)16;/h2-8,11,15H,9-10,20H2,1H3,(H,21,22);1H. The lowest BCUT2D eigenvalue weighted by Gasteiger charge is -2.30. The topological polar surface area (TPSA) is 55.1 Å². The molecule has 6 heteroatoms. The third-order valence-electron chi connectivity index (χ3n) is 4.16. The molecule has 1 amide bonds. The Morgan fingerprint density at radius 2 is 2.00 bits per heavy atom. The average molecular weight is 367 g/mol. The van der Waals surface area contributed by atoms with Gasteiger partial charge in [-0.25, -0.2) is 4.39 Å². The minimum Gasteiger partial charge on any atom is -0.347 e. The molecular formula is C18H20ClFN2OS. The second-order valence-corrected chi connectivity index (χ2v) is 7.05. The Labute approximate surface area is 151 Å². The second-order valence-electron chi connectivity index (χ2n) is 5.91. The van der Waals surface area contributed by atoms with Crippen LogP contribution in [-0.4, -0.2) is 11.7 Å². The quantitative estimate of drug-likeness (QED) is 0.869. The van der Waals surface area contributed by atoms with Gasteiger partial charge in [0.25, 0.3) is 0 Å². The van der Waals surface area contributed by atoms with Gasteiger partial charge in [0, 0.05) is 10.6 Å². The van der Waals surface area contributed by atoms with Gasteiger partial charge in [0.1, 0.15) is 11.4 Å². The summed E-state index contributed by atoms with van der Waals surface area (Å²) in [4.78, 5) is 13.7. The van der Waals surface area contributed by atoms with Crippen LogP contribution in [0.4, 0.5) is 4.39 Å². The smallest absolute Gasteiger partial charge is 0.244 e. The highest BCUT2D eigenvalue weighted by atomic mass is 35.5. The zero-order valence-electron chi connectivity index (χ0n) is 13.3. The molecule has 0 radical (unpaired) electrons. The normalized spacial score (nSPS) is 18.7. The molecule has 2 aromatic carbocycles. The molecule has 3 nitrogen and oxygen atoms in total. The van der Waals surface area contributed by atoms with Crippen LogP contribution in [0.25, 0.3) is 0 Å². The van der Waals surface area contributed by atoms with Gasteiger partial charge in [0.15, 0.2) is 0 Å². The maximum atomic E-state index is 13.6. The van der Waals surface area contributed by atoms with E-state index >= 15 is 0 Å². The van der Waals surface area contributed by atoms with E-state index < -0.39 is 5.54 Å². The summed E-state index contributed by atoms with van der Waals surface area (Å²) in [6.07, 6.45) is 0.762. The van der Waals surface area contributed by atoms with Gasteiger partial charge in [-0.1, -0.05) is 30.3 Å². The SMILES string of the molecule is CC(N)(C(=O)NC1CCSc2ccc(F)cc21)c1ccccc1.Cl. The number of carbonyl (C=O) groups is 1. The fourth-order valence-electron chi connectivity index (χ4n) is 2.74. The Hall–Kier alpha value is -1.56. The first-order valence-corrected chi connectivity index (χ1v) is 8.54. The van der Waals surface area contributed by atoms with Crippen LogP contribution < -0.4 is 11.1 Å². The fraction of sp³-hybridized carbons (Fsp3) is 0.278. The number of fused-ring (bicyclic) bond motifs is 1. The number of nitrogens with one attached hydrogen (secondary N) is 1. The molecular weight excluding hydrogens is 347 g/mol. The van der Waals surface area contributed by atoms with Crippen molar-refractivity contribution in [3.8, 4) is 0 Å². The summed E-state index contributed by atoms with van der Waals surface area (Å²) in [5.74, 6) is 0.343. The minimum atomic E-state index is -1.13. The maximum Gasteiger partial charge on any atom is 0.244 e. The van der Waals surface area contributed by atoms with Gasteiger partial charge < -0.3 is 11.1 Å². The fourth-order valence-corrected chi connectivity index (χ4v) is 3.84. The molecule has 0 saturated carbocycles. The van der Waals surface area contributed by atoms with Gasteiger partial charge >= 0.3 is 0 Å². The number of hydrogen-bond acceptors (Lipinski definition) is 3. The third-order valence-corrected chi connectivity index (χ3v) is 5.28. The Morgan fingerprint density at radius 3 is 2.71 bits per heavy atom. The van der Waals surface area contributed by atoms with Crippen LogP contribution in [-0.2, 0) is 10.3 Å². The van der Waals surface area contributed by atoms with Crippen molar-refractivity contribution in [2.75, 3.05) is 5.75 Å². The molecule has 2 atom stereocenters. The Kier molecular flexibility index (Phi) is 5.91. The van der Waals surface area contributed by atoms with Gasteiger partial charge in [-0.15, -0.1) is 24.2 Å². The number of rotatable bonds is 3. The zero-order valence-corrected chi connectivity index (χ0v) is 14.9. The maximum absolute atomic E-state index is 13.6. The molecule has 24 heavy (non-hydrogen) atoms. The zero-order chi connectivity index (χ0) is 16.4. The molecule has 2 aromatic rings. The first kappa shape index (κ1) is 18.8. The number of carbonyl (C=O) groups excluding carboxylic acids is 1. The summed E-state index contributed by atoms with van der Waals surface area (Å²) < 4.78 is 13.6. The van der Waals surface area contributed by atoms with Gasteiger partial charge in [0.2, 0.25) is 5.91 Å². The Balaban J connectivity index is 0.00000208. The Morgan fingerprint density at radius 1 is 1.29 bits per heavy atom. The summed E-state index contributed by atoms with van der Waals surface area (Å²) in [5, 5.41) is 3.00. The van der Waals surface area contributed by atoms with E-state index in [-0.39, 0.29) is 30.2 Å². The minimum absolute atomic E-state index is 0. The van der Waals surface area contributed by atoms with Crippen LogP contribution in [0, 0.1) is 5.82 Å². The number of amides is 1. The summed E-state index contributed by atoms with van der Waals surface area (Å²) >= 11 is 1.68. The first-order chi connectivity index (χ1) is 11.0. The molecule has 1 aliphatic heterocycles. The van der Waals surface area contributed by atoms with Gasteiger partial charge in [-0.3, -0.25) is 4.79 Å². The molecule has 3 rings (SSSR count). The van der Waals surface area contributed by atoms with E-state index in [2.05, 4.69) is 5.32 Å². The molecule has 0 aliphatic carbocycles. The lowest BCUT2D eigenvalue weighted by atomic mass is 9.91. The first-order valence-electron chi connectivity index (χ1n) is 7.56. The summed E-state index contributed by atoms with van der Waals surface area (Å²) in [7, 11) is 0. The van der Waals surface area contributed by atoms with Crippen molar-refractivity contribution in [2.45, 2.75) is 29.8 Å². The summed E-state index contributed by atoms with van der Waals surface area (Å²) in [5.41, 5.74) is 6.72. The van der Waals surface area contributed by atoms with Crippen LogP contribution in [0.5, 0.6) is 0 Å². The molecule has 3 N–H and O–H groups in total. The number of nitrogens with two attached hydrogens (primary N) is 1. The van der Waals surface area contributed by atoms with Crippen molar-refractivity contribution >= 4 is 30.1 Å². The van der Waals surface area contributed by atoms with Crippen molar-refractivity contribution in [2.24, 2.45) is 5.73 Å². The van der Waals surface area contributed by atoms with Gasteiger partial charge in [-0.05, 0) is 42.7 Å². The van der Waals surface area contributed by atoms with Crippen LogP contribution >= 0.6 is 24.2 Å². The van der Waals surface area contributed by atoms with E-state index in [0.717, 1.165) is 28.2 Å². The number of halogens is 2. The van der Waals surface area contributed by atoms with E-state index in [9.17, 15) is 9.18 Å². The molecule has 128 valence electrons. The molecule has 0 aromatic heterocycles. The lowest BCUT2D eigenvalue weighted by molar-refractivity contribution is -0.127. The highest BCUT2D eigenvalue weighted by molar-refractivity contribution is 7.99. The highest BCUT2D eigenvalue weighted by Gasteiger charge is 2.33. The Bertz CT molecular complexity index is 724. The summed E-state index contributed by atoms with van der Waals surface area (Å²) in [6, 6.07) is 13.8. The van der Waals surface area contributed by atoms with E-state index in [4.69, 9.17) is 5.73 Å². The van der Waals surface area contributed by atoms with Gasteiger partial charge in [-0.2, -0.15) is 0 Å². The molecule has 1 aliphatic rings. The molecule has 2 unspecified atom stereocenters. The van der Waals surface area contributed by atoms with Crippen molar-refractivity contribution in [1.29, 1.82) is 0 Å². The molecule has 0 bridgehead atoms. The van der Waals surface area contributed by atoms with Crippen LogP contribution in [0.15, 0.2) is 53.4 Å². The second kappa shape index (κ2) is 7.55. The van der Waals surface area contributed by atoms with Crippen molar-refractivity contribution in [1.82, 2.24) is 5.32 Å². The number of hydrogen-bond donors (Lipinski definition) is 2. The molecule has 0 spiro atoms. The molecule has 1 heterocycles. The molecule has 0 fully saturated rings. The van der Waals surface area contributed by atoms with E-state index in [1.165, 1.54) is 12.1 Å². The van der Waals surface area contributed by atoms with Crippen LogP contribution in [0.1, 0.15) is 30.5 Å². The molecule has 0 saturated heterocycles. The lowest BCUT2D eigenvalue weighted by Crippen LogP contribution is -2.50. The predicted octanol–water partition coefficient (Wildman–Crippen LogP) is 3.77. The van der Waals surface area contributed by atoms with Crippen molar-refractivity contribution in [3.63, 3.8) is 0 Å². The van der Waals surface area contributed by atoms with Crippen molar-refractivity contribution < 1.29 is 9.18 Å². The number of benzene rings is 2. The number of thioether (sulfide) groups is 1. The third kappa shape index (κ3) is 3.74. The van der Waals surface area contributed by atoms with Crippen molar-refractivity contribution in [3.05, 3.63) is 65.5 Å². The summed E-state index contributed by atoms with van der Waals surface area (Å²) in [6.45, 7) is 1.70. The van der Waals surface area contributed by atoms with Crippen LogP contribution in [0.2, 0.25) is 0 Å². The average Bonchev–Trinajstić information content (AvgIpc) is 2.56. The van der Waals surface area contributed by atoms with Crippen LogP contribution in [0.3, 0.4) is 0 Å². The van der Waals surface area contributed by atoms with E-state index in [1.54, 1.807) is 24.8 Å².